The Hall–Kier alpha value is -3.88. The topological polar surface area (TPSA) is 9.23 Å². The second-order valence-corrected chi connectivity index (χ2v) is 9.13. The molecule has 9 heteroatoms. The van der Waals surface area contributed by atoms with Gasteiger partial charge in [0.25, 0.3) is 0 Å². The lowest BCUT2D eigenvalue weighted by Crippen LogP contribution is -2.26. The van der Waals surface area contributed by atoms with Crippen molar-refractivity contribution in [3.63, 3.8) is 0 Å². The zero-order valence-electron chi connectivity index (χ0n) is 19.7. The Bertz CT molecular complexity index is 1520. The zero-order valence-corrected chi connectivity index (χ0v) is 19.7. The van der Waals surface area contributed by atoms with Crippen molar-refractivity contribution in [1.29, 1.82) is 0 Å². The van der Waals surface area contributed by atoms with E-state index in [9.17, 15) is 35.1 Å². The third kappa shape index (κ3) is 4.73. The van der Waals surface area contributed by atoms with Gasteiger partial charge in [-0.2, -0.15) is 8.78 Å². The van der Waals surface area contributed by atoms with Crippen LogP contribution in [0.15, 0.2) is 60.7 Å². The van der Waals surface area contributed by atoms with Gasteiger partial charge in [-0.15, -0.1) is 0 Å². The van der Waals surface area contributed by atoms with Gasteiger partial charge in [0, 0.05) is 17.2 Å². The van der Waals surface area contributed by atoms with Crippen LogP contribution in [0.3, 0.4) is 0 Å². The van der Waals surface area contributed by atoms with E-state index in [-0.39, 0.29) is 17.2 Å². The first kappa shape index (κ1) is 25.8. The fraction of sp³-hybridized carbons (Fsp3) is 0.172. The highest BCUT2D eigenvalue weighted by Gasteiger charge is 2.42. The molecule has 1 aliphatic rings. The van der Waals surface area contributed by atoms with Crippen molar-refractivity contribution in [2.75, 3.05) is 0 Å². The fourth-order valence-corrected chi connectivity index (χ4v) is 4.26. The Morgan fingerprint density at radius 2 is 1.24 bits per heavy atom. The number of hydrogen-bond donors (Lipinski definition) is 0. The Morgan fingerprint density at radius 1 is 0.658 bits per heavy atom. The molecule has 0 spiro atoms. The average molecular weight is 534 g/mol. The van der Waals surface area contributed by atoms with E-state index < -0.39 is 57.9 Å². The molecular weight excluding hydrogens is 516 g/mol. The second kappa shape index (κ2) is 9.45. The summed E-state index contributed by atoms with van der Waals surface area (Å²) in [5.41, 5.74) is -0.849. The van der Waals surface area contributed by atoms with Crippen molar-refractivity contribution in [2.24, 2.45) is 0 Å². The largest absolute Gasteiger partial charge is 0.432 e. The third-order valence-corrected chi connectivity index (χ3v) is 6.50. The molecule has 4 aromatic carbocycles. The molecule has 0 aromatic heterocycles. The van der Waals surface area contributed by atoms with Gasteiger partial charge < -0.3 is 4.74 Å². The number of hydrogen-bond acceptors (Lipinski definition) is 1. The van der Waals surface area contributed by atoms with Gasteiger partial charge in [-0.1, -0.05) is 36.4 Å². The smallest absolute Gasteiger partial charge is 0.428 e. The number of alkyl halides is 2. The molecule has 0 saturated heterocycles. The molecule has 0 unspecified atom stereocenters. The average Bonchev–Trinajstić information content (AvgIpc) is 3.71. The summed E-state index contributed by atoms with van der Waals surface area (Å²) in [4.78, 5) is 0. The molecule has 196 valence electrons. The monoisotopic (exact) mass is 534 g/mol. The van der Waals surface area contributed by atoms with E-state index in [1.54, 1.807) is 0 Å². The highest BCUT2D eigenvalue weighted by atomic mass is 19.3. The summed E-state index contributed by atoms with van der Waals surface area (Å²) in [6.07, 6.45) is -2.48. The zero-order chi connectivity index (χ0) is 27.4. The summed E-state index contributed by atoms with van der Waals surface area (Å²) >= 11 is 0. The summed E-state index contributed by atoms with van der Waals surface area (Å²) < 4.78 is 119. The van der Waals surface area contributed by atoms with Crippen molar-refractivity contribution in [3.05, 3.63) is 112 Å². The Labute approximate surface area is 212 Å². The molecule has 0 bridgehead atoms. The maximum atomic E-state index is 15.0. The maximum Gasteiger partial charge on any atom is 0.432 e. The quantitative estimate of drug-likeness (QED) is 0.177. The first-order chi connectivity index (χ1) is 18.0. The van der Waals surface area contributed by atoms with Gasteiger partial charge in [0.05, 0.1) is 0 Å². The molecule has 38 heavy (non-hydrogen) atoms. The van der Waals surface area contributed by atoms with E-state index in [1.807, 2.05) is 24.3 Å². The van der Waals surface area contributed by atoms with Gasteiger partial charge in [0.1, 0.15) is 28.8 Å². The lowest BCUT2D eigenvalue weighted by atomic mass is 9.97. The second-order valence-electron chi connectivity index (χ2n) is 9.13. The number of benzene rings is 4. The minimum absolute atomic E-state index is 0.141. The summed E-state index contributed by atoms with van der Waals surface area (Å²) in [6.45, 7) is 0.826. The minimum Gasteiger partial charge on any atom is -0.428 e. The molecule has 5 rings (SSSR count). The highest BCUT2D eigenvalue weighted by molar-refractivity contribution is 5.71. The first-order valence-electron chi connectivity index (χ1n) is 11.6. The summed E-state index contributed by atoms with van der Waals surface area (Å²) in [5.74, 6) is -10.5. The molecule has 0 N–H and O–H groups in total. The van der Waals surface area contributed by atoms with Crippen molar-refractivity contribution >= 4 is 0 Å². The van der Waals surface area contributed by atoms with Crippen molar-refractivity contribution < 1.29 is 39.9 Å². The van der Waals surface area contributed by atoms with Gasteiger partial charge in [-0.25, -0.2) is 26.3 Å². The van der Waals surface area contributed by atoms with Crippen LogP contribution in [-0.2, 0) is 6.11 Å². The van der Waals surface area contributed by atoms with Crippen LogP contribution in [0.1, 0.15) is 35.4 Å². The normalized spacial score (nSPS) is 13.6. The van der Waals surface area contributed by atoms with Crippen LogP contribution in [-0.4, -0.2) is 0 Å². The number of halogens is 8. The van der Waals surface area contributed by atoms with Gasteiger partial charge in [0.2, 0.25) is 0 Å². The van der Waals surface area contributed by atoms with Crippen molar-refractivity contribution in [3.8, 4) is 28.0 Å². The predicted molar refractivity (Wildman–Crippen MR) is 125 cm³/mol. The van der Waals surface area contributed by atoms with Crippen LogP contribution in [0.4, 0.5) is 35.1 Å². The van der Waals surface area contributed by atoms with Crippen LogP contribution in [0, 0.1) is 41.8 Å². The molecule has 1 fully saturated rings. The molecule has 0 atom stereocenters. The van der Waals surface area contributed by atoms with Gasteiger partial charge in [0.15, 0.2) is 17.5 Å². The SMILES string of the molecule is Cc1c(OC(F)(F)c2c(F)cc(-c3ccc(-c4ccc(C5CC5)cc4)cc3F)cc2F)cc(F)c(F)c1F. The molecule has 0 aliphatic heterocycles. The highest BCUT2D eigenvalue weighted by Crippen LogP contribution is 2.41. The van der Waals surface area contributed by atoms with E-state index in [1.165, 1.54) is 23.8 Å². The third-order valence-electron chi connectivity index (χ3n) is 6.50. The first-order valence-corrected chi connectivity index (χ1v) is 11.6. The van der Waals surface area contributed by atoms with Gasteiger partial charge in [-0.3, -0.25) is 0 Å². The van der Waals surface area contributed by atoms with E-state index >= 15 is 0 Å². The number of rotatable bonds is 6. The summed E-state index contributed by atoms with van der Waals surface area (Å²) in [5, 5.41) is 0. The molecular formula is C29H18F8O. The van der Waals surface area contributed by atoms with Crippen LogP contribution < -0.4 is 4.74 Å². The Kier molecular flexibility index (Phi) is 6.41. The van der Waals surface area contributed by atoms with Crippen molar-refractivity contribution in [2.45, 2.75) is 31.8 Å². The summed E-state index contributed by atoms with van der Waals surface area (Å²) in [6, 6.07) is 12.7. The summed E-state index contributed by atoms with van der Waals surface area (Å²) in [7, 11) is 0. The molecule has 1 saturated carbocycles. The molecule has 4 aromatic rings. The minimum atomic E-state index is -4.75. The van der Waals surface area contributed by atoms with Gasteiger partial charge >= 0.3 is 6.11 Å². The Morgan fingerprint density at radius 3 is 1.82 bits per heavy atom. The maximum absolute atomic E-state index is 15.0. The van der Waals surface area contributed by atoms with E-state index in [4.69, 9.17) is 0 Å². The molecule has 0 amide bonds. The predicted octanol–water partition coefficient (Wildman–Crippen LogP) is 9.17. The van der Waals surface area contributed by atoms with Crippen LogP contribution in [0.5, 0.6) is 5.75 Å². The molecule has 1 nitrogen and oxygen atoms in total. The van der Waals surface area contributed by atoms with E-state index in [2.05, 4.69) is 4.74 Å². The molecule has 1 aliphatic carbocycles. The van der Waals surface area contributed by atoms with Crippen LogP contribution in [0.25, 0.3) is 22.3 Å². The van der Waals surface area contributed by atoms with Crippen LogP contribution >= 0.6 is 0 Å². The molecule has 0 heterocycles. The van der Waals surface area contributed by atoms with Crippen molar-refractivity contribution in [1.82, 2.24) is 0 Å². The van der Waals surface area contributed by atoms with E-state index in [0.717, 1.165) is 25.3 Å². The fourth-order valence-electron chi connectivity index (χ4n) is 4.26. The van der Waals surface area contributed by atoms with E-state index in [0.29, 0.717) is 23.6 Å². The molecule has 0 radical (unpaired) electrons. The van der Waals surface area contributed by atoms with Gasteiger partial charge in [-0.05, 0) is 66.1 Å². The Balaban J connectivity index is 1.44. The standard InChI is InChI=1S/C29H18F8O/c1-14-25(13-24(33)28(35)27(14)34)38-29(36,37)26-22(31)11-19(12-23(26)32)20-9-8-18(10-21(20)30)17-6-4-16(5-7-17)15-2-3-15/h4-13,15H,2-3H2,1H3. The lowest BCUT2D eigenvalue weighted by Gasteiger charge is -2.21. The lowest BCUT2D eigenvalue weighted by molar-refractivity contribution is -0.190. The van der Waals surface area contributed by atoms with Crippen LogP contribution in [0.2, 0.25) is 0 Å². The number of ether oxygens (including phenoxy) is 1.